The Kier molecular flexibility index (Phi) is 8.27. The summed E-state index contributed by atoms with van der Waals surface area (Å²) in [4.78, 5) is 26.0. The van der Waals surface area contributed by atoms with Crippen LogP contribution in [-0.4, -0.2) is 65.2 Å². The fraction of sp³-hybridized carbons (Fsp3) is 0.926. The minimum absolute atomic E-state index is 0.560. The summed E-state index contributed by atoms with van der Waals surface area (Å²) in [6, 6.07) is 0. The van der Waals surface area contributed by atoms with Crippen molar-refractivity contribution in [2.75, 3.05) is 0 Å². The van der Waals surface area contributed by atoms with E-state index in [0.717, 1.165) is 27.7 Å². The number of rotatable bonds is 4. The van der Waals surface area contributed by atoms with Crippen molar-refractivity contribution in [3.63, 3.8) is 0 Å². The van der Waals surface area contributed by atoms with Crippen LogP contribution in [0, 0.1) is 40.9 Å². The molecule has 5 nitrogen and oxygen atoms in total. The van der Waals surface area contributed by atoms with Crippen LogP contribution in [0.1, 0.15) is 60.3 Å². The van der Waals surface area contributed by atoms with Crippen molar-refractivity contribution >= 4 is 11.9 Å². The van der Waals surface area contributed by atoms with Crippen LogP contribution >= 0.6 is 0 Å². The van der Waals surface area contributed by atoms with E-state index in [4.69, 9.17) is 0 Å². The molecule has 5 fully saturated rings. The van der Waals surface area contributed by atoms with Gasteiger partial charge in [-0.3, -0.25) is 9.59 Å². The third kappa shape index (κ3) is 5.13. The summed E-state index contributed by atoms with van der Waals surface area (Å²) in [5, 5.41) is 0. The molecular weight excluding hydrogens is 689 g/mol. The van der Waals surface area contributed by atoms with E-state index < -0.39 is 132 Å². The summed E-state index contributed by atoms with van der Waals surface area (Å²) < 4.78 is 229. The Morgan fingerprint density at radius 1 is 0.702 bits per heavy atom. The molecule has 0 aromatic rings. The van der Waals surface area contributed by atoms with Crippen LogP contribution in [0.25, 0.3) is 0 Å². The fourth-order valence-electron chi connectivity index (χ4n) is 8.73. The predicted molar refractivity (Wildman–Crippen MR) is 125 cm³/mol. The van der Waals surface area contributed by atoms with Crippen LogP contribution in [0.5, 0.6) is 0 Å². The Balaban J connectivity index is 1.89. The second kappa shape index (κ2) is 10.3. The number of carbonyl (C=O) groups is 2. The third-order valence-corrected chi connectivity index (χ3v) is 10.6. The molecule has 0 N–H and O–H groups in total. The molecule has 47 heavy (non-hydrogen) atoms. The molecule has 0 aromatic carbocycles. The van der Waals surface area contributed by atoms with Crippen molar-refractivity contribution in [2.45, 2.75) is 114 Å². The number of fused-ring (bicyclic) bond motifs is 3. The summed E-state index contributed by atoms with van der Waals surface area (Å²) >= 11 is 0. The molecule has 0 spiro atoms. The van der Waals surface area contributed by atoms with Gasteiger partial charge in [-0.1, -0.05) is 20.8 Å². The summed E-state index contributed by atoms with van der Waals surface area (Å²) in [5.41, 5.74) is -19.1. The summed E-state index contributed by atoms with van der Waals surface area (Å²) in [5.74, 6) is -19.1. The van der Waals surface area contributed by atoms with Crippen LogP contribution < -0.4 is 0 Å². The van der Waals surface area contributed by atoms with Gasteiger partial charge in [0.1, 0.15) is 0 Å². The zero-order valence-electron chi connectivity index (χ0n) is 25.0. The Morgan fingerprint density at radius 2 is 1.17 bits per heavy atom. The number of carbonyl (C=O) groups excluding carboxylic acids is 2. The molecule has 4 aliphatic heterocycles. The first-order valence-corrected chi connectivity index (χ1v) is 14.1. The van der Waals surface area contributed by atoms with Crippen LogP contribution in [0.15, 0.2) is 0 Å². The molecule has 5 aliphatic rings. The molecule has 5 rings (SSSR count). The minimum atomic E-state index is -6.57. The molecule has 4 saturated heterocycles. The maximum absolute atomic E-state index is 14.5. The third-order valence-electron chi connectivity index (χ3n) is 10.6. The van der Waals surface area contributed by atoms with Crippen molar-refractivity contribution in [3.05, 3.63) is 0 Å². The van der Waals surface area contributed by atoms with Crippen LogP contribution in [0.4, 0.5) is 65.9 Å². The van der Waals surface area contributed by atoms with Crippen LogP contribution in [0.3, 0.4) is 0 Å². The van der Waals surface area contributed by atoms with Gasteiger partial charge in [-0.25, -0.2) is 0 Å². The maximum Gasteiger partial charge on any atom is 0.426 e. The molecule has 1 aliphatic carbocycles. The smallest absolute Gasteiger partial charge is 0.393 e. The first-order valence-electron chi connectivity index (χ1n) is 14.1. The summed E-state index contributed by atoms with van der Waals surface area (Å²) in [6.07, 6.45) is -36.5. The molecule has 20 heteroatoms. The average Bonchev–Trinajstić information content (AvgIpc) is 3.30. The highest BCUT2D eigenvalue weighted by atomic mass is 19.4. The van der Waals surface area contributed by atoms with E-state index >= 15 is 0 Å². The highest BCUT2D eigenvalue weighted by Crippen LogP contribution is 2.71. The van der Waals surface area contributed by atoms with Gasteiger partial charge in [0.05, 0.1) is 17.4 Å². The highest BCUT2D eigenvalue weighted by Gasteiger charge is 2.87. The van der Waals surface area contributed by atoms with Crippen molar-refractivity contribution in [1.82, 2.24) is 0 Å². The van der Waals surface area contributed by atoms with Crippen LogP contribution in [-0.2, 0) is 23.8 Å². The van der Waals surface area contributed by atoms with Gasteiger partial charge in [-0.05, 0) is 56.8 Å². The number of alkyl halides is 15. The SMILES string of the molecule is CC1C(C2C(=O)OC(=O)C2CC(C)(C)C2CC(C)(C)OC2(C(F)(F)F)C(F)(F)F)C2CCC1(C(F)(F)F)OC2(C(F)(F)F)C(F)(F)F. The normalized spacial score (nSPS) is 36.2. The first kappa shape index (κ1) is 37.8. The van der Waals surface area contributed by atoms with E-state index in [1.54, 1.807) is 0 Å². The molecule has 0 aromatic heterocycles. The number of hydrogen-bond donors (Lipinski definition) is 0. The van der Waals surface area contributed by atoms with E-state index in [-0.39, 0.29) is 0 Å². The lowest BCUT2D eigenvalue weighted by atomic mass is 9.51. The zero-order valence-corrected chi connectivity index (χ0v) is 25.0. The topological polar surface area (TPSA) is 61.8 Å². The highest BCUT2D eigenvalue weighted by molar-refractivity contribution is 5.96. The van der Waals surface area contributed by atoms with E-state index in [0.29, 0.717) is 6.92 Å². The van der Waals surface area contributed by atoms with E-state index in [1.807, 2.05) is 0 Å². The second-order valence-electron chi connectivity index (χ2n) is 14.1. The number of halogens is 15. The number of esters is 2. The van der Waals surface area contributed by atoms with E-state index in [2.05, 4.69) is 14.2 Å². The second-order valence-corrected chi connectivity index (χ2v) is 14.1. The number of hydrogen-bond acceptors (Lipinski definition) is 5. The number of ether oxygens (including phenoxy) is 3. The molecule has 272 valence electrons. The van der Waals surface area contributed by atoms with Gasteiger partial charge in [-0.15, -0.1) is 0 Å². The lowest BCUT2D eigenvalue weighted by molar-refractivity contribution is -0.492. The Bertz CT molecular complexity index is 1250. The molecule has 1 saturated carbocycles. The molecule has 0 amide bonds. The fourth-order valence-corrected chi connectivity index (χ4v) is 8.73. The molecule has 7 atom stereocenters. The Morgan fingerprint density at radius 3 is 1.60 bits per heavy atom. The van der Waals surface area contributed by atoms with E-state index in [9.17, 15) is 75.4 Å². The zero-order chi connectivity index (χ0) is 36.6. The molecule has 2 bridgehead atoms. The first-order chi connectivity index (χ1) is 20.7. The largest absolute Gasteiger partial charge is 0.426 e. The van der Waals surface area contributed by atoms with Gasteiger partial charge in [0, 0.05) is 11.8 Å². The summed E-state index contributed by atoms with van der Waals surface area (Å²) in [6.45, 7) is 3.93. The average molecular weight is 718 g/mol. The van der Waals surface area contributed by atoms with Crippen LogP contribution in [0.2, 0.25) is 0 Å². The molecular formula is C27H29F15O5. The van der Waals surface area contributed by atoms with Gasteiger partial charge in [-0.2, -0.15) is 65.9 Å². The maximum atomic E-state index is 14.5. The standard InChI is InChI=1S/C27H29F15O5/c1-10-14(12-6-7-20(10,23(28,29)30)47-21(12,24(31,32)33)25(34,35)36)15-11(16(43)45-17(15)44)8-18(2,3)13-9-19(4,5)46-22(13,26(37,38)39)27(40,41)42/h10-15H,6-9H2,1-5H3. The van der Waals surface area contributed by atoms with Gasteiger partial charge in [0.15, 0.2) is 5.60 Å². The van der Waals surface area contributed by atoms with Gasteiger partial charge in [0.2, 0.25) is 0 Å². The molecule has 7 unspecified atom stereocenters. The quantitative estimate of drug-likeness (QED) is 0.167. The molecule has 4 heterocycles. The lowest BCUT2D eigenvalue weighted by Crippen LogP contribution is -2.79. The summed E-state index contributed by atoms with van der Waals surface area (Å²) in [7, 11) is 0. The Labute approximate surface area is 256 Å². The lowest BCUT2D eigenvalue weighted by Gasteiger charge is -2.64. The van der Waals surface area contributed by atoms with Crippen molar-refractivity contribution in [3.8, 4) is 0 Å². The Hall–Kier alpha value is -1.99. The number of cyclic esters (lactones) is 2. The van der Waals surface area contributed by atoms with Crippen molar-refractivity contribution in [1.29, 1.82) is 0 Å². The molecule has 0 radical (unpaired) electrons. The van der Waals surface area contributed by atoms with Crippen molar-refractivity contribution < 1.29 is 89.7 Å². The van der Waals surface area contributed by atoms with Crippen molar-refractivity contribution in [2.24, 2.45) is 40.9 Å². The van der Waals surface area contributed by atoms with Gasteiger partial charge >= 0.3 is 42.8 Å². The van der Waals surface area contributed by atoms with Gasteiger partial charge < -0.3 is 14.2 Å². The van der Waals surface area contributed by atoms with E-state index in [1.165, 1.54) is 0 Å². The monoisotopic (exact) mass is 718 g/mol. The minimum Gasteiger partial charge on any atom is -0.393 e. The van der Waals surface area contributed by atoms with Gasteiger partial charge in [0.25, 0.3) is 11.2 Å². The predicted octanol–water partition coefficient (Wildman–Crippen LogP) is 8.25.